The topological polar surface area (TPSA) is 46.5 Å². The van der Waals surface area contributed by atoms with Gasteiger partial charge in [-0.15, -0.1) is 0 Å². The molecule has 0 spiro atoms. The highest BCUT2D eigenvalue weighted by Crippen LogP contribution is 2.42. The smallest absolute Gasteiger partial charge is 0.306 e. The van der Waals surface area contributed by atoms with E-state index in [0.29, 0.717) is 6.61 Å². The van der Waals surface area contributed by atoms with Crippen molar-refractivity contribution in [1.29, 1.82) is 0 Å². The molecule has 3 heteroatoms. The van der Waals surface area contributed by atoms with Crippen LogP contribution in [0.15, 0.2) is 0 Å². The van der Waals surface area contributed by atoms with Gasteiger partial charge in [0.05, 0.1) is 12.5 Å². The molecule has 0 aromatic carbocycles. The molecule has 1 aliphatic rings. The summed E-state index contributed by atoms with van der Waals surface area (Å²) in [6.07, 6.45) is 3.76. The molecule has 2 atom stereocenters. The highest BCUT2D eigenvalue weighted by Gasteiger charge is 2.38. The van der Waals surface area contributed by atoms with Crippen molar-refractivity contribution < 1.29 is 14.6 Å². The van der Waals surface area contributed by atoms with Crippen molar-refractivity contribution >= 4 is 5.97 Å². The summed E-state index contributed by atoms with van der Waals surface area (Å²) in [6.45, 7) is 7.85. The van der Waals surface area contributed by atoms with Crippen LogP contribution in [0.3, 0.4) is 0 Å². The quantitative estimate of drug-likeness (QED) is 0.736. The van der Waals surface area contributed by atoms with Crippen LogP contribution in [-0.4, -0.2) is 24.3 Å². The van der Waals surface area contributed by atoms with Crippen LogP contribution in [0.5, 0.6) is 0 Å². The largest absolute Gasteiger partial charge is 0.481 e. The summed E-state index contributed by atoms with van der Waals surface area (Å²) in [7, 11) is 0. The van der Waals surface area contributed by atoms with Crippen molar-refractivity contribution in [2.45, 2.75) is 46.5 Å². The van der Waals surface area contributed by atoms with E-state index in [9.17, 15) is 9.90 Å². The lowest BCUT2D eigenvalue weighted by atomic mass is 9.67. The zero-order valence-electron chi connectivity index (χ0n) is 10.7. The third-order valence-corrected chi connectivity index (χ3v) is 3.51. The SMILES string of the molecule is CCCOCC1CC(C)(C)CCC1C(=O)O. The molecule has 0 saturated heterocycles. The first-order valence-electron chi connectivity index (χ1n) is 6.27. The van der Waals surface area contributed by atoms with E-state index in [2.05, 4.69) is 20.8 Å². The lowest BCUT2D eigenvalue weighted by Gasteiger charge is -2.38. The van der Waals surface area contributed by atoms with Crippen LogP contribution < -0.4 is 0 Å². The van der Waals surface area contributed by atoms with Gasteiger partial charge in [0.2, 0.25) is 0 Å². The zero-order chi connectivity index (χ0) is 12.2. The second-order valence-electron chi connectivity index (χ2n) is 5.69. The fourth-order valence-electron chi connectivity index (χ4n) is 2.62. The average Bonchev–Trinajstić information content (AvgIpc) is 2.16. The van der Waals surface area contributed by atoms with E-state index in [1.54, 1.807) is 0 Å². The van der Waals surface area contributed by atoms with Crippen LogP contribution in [0.25, 0.3) is 0 Å². The minimum absolute atomic E-state index is 0.188. The number of carboxylic acid groups (broad SMARTS) is 1. The van der Waals surface area contributed by atoms with Crippen LogP contribution in [0, 0.1) is 17.3 Å². The number of carbonyl (C=O) groups is 1. The van der Waals surface area contributed by atoms with Crippen LogP contribution in [-0.2, 0) is 9.53 Å². The van der Waals surface area contributed by atoms with Crippen LogP contribution >= 0.6 is 0 Å². The van der Waals surface area contributed by atoms with Gasteiger partial charge in [0.25, 0.3) is 0 Å². The average molecular weight is 228 g/mol. The van der Waals surface area contributed by atoms with Crippen molar-refractivity contribution in [2.24, 2.45) is 17.3 Å². The molecule has 0 aliphatic heterocycles. The predicted molar refractivity (Wildman–Crippen MR) is 63.4 cm³/mol. The van der Waals surface area contributed by atoms with Gasteiger partial charge >= 0.3 is 5.97 Å². The van der Waals surface area contributed by atoms with Gasteiger partial charge in [-0.3, -0.25) is 4.79 Å². The van der Waals surface area contributed by atoms with Gasteiger partial charge in [0.15, 0.2) is 0 Å². The molecule has 0 heterocycles. The fraction of sp³-hybridized carbons (Fsp3) is 0.923. The molecule has 0 aromatic heterocycles. The summed E-state index contributed by atoms with van der Waals surface area (Å²) in [5.41, 5.74) is 0.270. The van der Waals surface area contributed by atoms with E-state index >= 15 is 0 Å². The Morgan fingerprint density at radius 2 is 2.19 bits per heavy atom. The Balaban J connectivity index is 2.54. The Bertz CT molecular complexity index is 235. The van der Waals surface area contributed by atoms with E-state index in [1.807, 2.05) is 0 Å². The molecule has 0 radical (unpaired) electrons. The second kappa shape index (κ2) is 5.67. The number of rotatable bonds is 5. The molecule has 3 nitrogen and oxygen atoms in total. The summed E-state index contributed by atoms with van der Waals surface area (Å²) >= 11 is 0. The molecule has 1 rings (SSSR count). The van der Waals surface area contributed by atoms with Gasteiger partial charge in [-0.05, 0) is 37.0 Å². The summed E-state index contributed by atoms with van der Waals surface area (Å²) in [5.74, 6) is -0.668. The third kappa shape index (κ3) is 3.78. The Morgan fingerprint density at radius 3 is 2.75 bits per heavy atom. The molecule has 2 unspecified atom stereocenters. The fourth-order valence-corrected chi connectivity index (χ4v) is 2.62. The molecule has 1 N–H and O–H groups in total. The van der Waals surface area contributed by atoms with E-state index in [4.69, 9.17) is 4.74 Å². The maximum atomic E-state index is 11.2. The lowest BCUT2D eigenvalue weighted by molar-refractivity contribution is -0.147. The number of carboxylic acids is 1. The minimum atomic E-state index is -0.652. The molecule has 16 heavy (non-hydrogen) atoms. The van der Waals surface area contributed by atoms with Crippen LogP contribution in [0.2, 0.25) is 0 Å². The Morgan fingerprint density at radius 1 is 1.50 bits per heavy atom. The Kier molecular flexibility index (Phi) is 4.78. The molecule has 0 aromatic rings. The number of aliphatic carboxylic acids is 1. The molecule has 1 saturated carbocycles. The van der Waals surface area contributed by atoms with Crippen LogP contribution in [0.1, 0.15) is 46.5 Å². The molecular formula is C13H24O3. The van der Waals surface area contributed by atoms with Gasteiger partial charge in [0, 0.05) is 6.61 Å². The molecule has 0 bridgehead atoms. The maximum absolute atomic E-state index is 11.2. The summed E-state index contributed by atoms with van der Waals surface area (Å²) in [5, 5.41) is 9.18. The summed E-state index contributed by atoms with van der Waals surface area (Å²) in [6, 6.07) is 0. The van der Waals surface area contributed by atoms with Crippen LogP contribution in [0.4, 0.5) is 0 Å². The molecule has 0 amide bonds. The number of ether oxygens (including phenoxy) is 1. The second-order valence-corrected chi connectivity index (χ2v) is 5.69. The zero-order valence-corrected chi connectivity index (χ0v) is 10.7. The molecule has 94 valence electrons. The molecular weight excluding hydrogens is 204 g/mol. The van der Waals surface area contributed by atoms with Gasteiger partial charge in [-0.2, -0.15) is 0 Å². The maximum Gasteiger partial charge on any atom is 0.306 e. The molecule has 1 fully saturated rings. The van der Waals surface area contributed by atoms with Gasteiger partial charge in [0.1, 0.15) is 0 Å². The normalized spacial score (nSPS) is 28.9. The molecule has 1 aliphatic carbocycles. The van der Waals surface area contributed by atoms with E-state index < -0.39 is 5.97 Å². The van der Waals surface area contributed by atoms with Gasteiger partial charge < -0.3 is 9.84 Å². The van der Waals surface area contributed by atoms with Crippen molar-refractivity contribution in [1.82, 2.24) is 0 Å². The Labute approximate surface area is 98.2 Å². The monoisotopic (exact) mass is 228 g/mol. The lowest BCUT2D eigenvalue weighted by Crippen LogP contribution is -2.36. The van der Waals surface area contributed by atoms with Crippen molar-refractivity contribution in [3.8, 4) is 0 Å². The van der Waals surface area contributed by atoms with E-state index in [1.165, 1.54) is 0 Å². The third-order valence-electron chi connectivity index (χ3n) is 3.51. The minimum Gasteiger partial charge on any atom is -0.481 e. The van der Waals surface area contributed by atoms with Crippen molar-refractivity contribution in [2.75, 3.05) is 13.2 Å². The summed E-state index contributed by atoms with van der Waals surface area (Å²) < 4.78 is 5.53. The summed E-state index contributed by atoms with van der Waals surface area (Å²) in [4.78, 5) is 11.2. The van der Waals surface area contributed by atoms with Gasteiger partial charge in [-0.1, -0.05) is 20.8 Å². The first-order valence-corrected chi connectivity index (χ1v) is 6.27. The predicted octanol–water partition coefficient (Wildman–Crippen LogP) is 2.94. The first kappa shape index (κ1) is 13.5. The van der Waals surface area contributed by atoms with E-state index in [0.717, 1.165) is 32.3 Å². The van der Waals surface area contributed by atoms with Crippen molar-refractivity contribution in [3.63, 3.8) is 0 Å². The van der Waals surface area contributed by atoms with E-state index in [-0.39, 0.29) is 17.3 Å². The standard InChI is InChI=1S/C13H24O3/c1-4-7-16-9-10-8-13(2,3)6-5-11(10)12(14)15/h10-11H,4-9H2,1-3H3,(H,14,15). The number of hydrogen-bond donors (Lipinski definition) is 1. The number of hydrogen-bond acceptors (Lipinski definition) is 2. The first-order chi connectivity index (χ1) is 7.46. The highest BCUT2D eigenvalue weighted by atomic mass is 16.5. The Hall–Kier alpha value is -0.570. The van der Waals surface area contributed by atoms with Crippen molar-refractivity contribution in [3.05, 3.63) is 0 Å². The van der Waals surface area contributed by atoms with Gasteiger partial charge in [-0.25, -0.2) is 0 Å². The highest BCUT2D eigenvalue weighted by molar-refractivity contribution is 5.70.